The highest BCUT2D eigenvalue weighted by molar-refractivity contribution is 5.95. The van der Waals surface area contributed by atoms with E-state index >= 15 is 0 Å². The molecule has 0 fully saturated rings. The van der Waals surface area contributed by atoms with Crippen molar-refractivity contribution in [2.24, 2.45) is 0 Å². The molecule has 2 aromatic heterocycles. The van der Waals surface area contributed by atoms with Gasteiger partial charge in [-0.15, -0.1) is 0 Å². The summed E-state index contributed by atoms with van der Waals surface area (Å²) in [5.74, 6) is 1.45. The van der Waals surface area contributed by atoms with Gasteiger partial charge in [0.1, 0.15) is 17.6 Å². The smallest absolute Gasteiger partial charge is 0.254 e. The van der Waals surface area contributed by atoms with Crippen molar-refractivity contribution in [1.82, 2.24) is 19.9 Å². The van der Waals surface area contributed by atoms with Gasteiger partial charge in [-0.2, -0.15) is 5.10 Å². The lowest BCUT2D eigenvalue weighted by Gasteiger charge is -2.14. The first-order valence-electron chi connectivity index (χ1n) is 9.51. The zero-order chi connectivity index (χ0) is 19.8. The number of hydrogen-bond acceptors (Lipinski definition) is 5. The number of amides is 1. The van der Waals surface area contributed by atoms with Gasteiger partial charge in [-0.25, -0.2) is 9.50 Å². The van der Waals surface area contributed by atoms with E-state index in [0.717, 1.165) is 46.1 Å². The summed E-state index contributed by atoms with van der Waals surface area (Å²) in [6, 6.07) is 5.87. The molecule has 1 amide bonds. The molecule has 146 valence electrons. The van der Waals surface area contributed by atoms with Crippen molar-refractivity contribution >= 4 is 11.6 Å². The van der Waals surface area contributed by atoms with Crippen LogP contribution in [0.2, 0.25) is 0 Å². The van der Waals surface area contributed by atoms with Gasteiger partial charge in [0.05, 0.1) is 23.6 Å². The van der Waals surface area contributed by atoms with Crippen LogP contribution in [0.4, 0.5) is 0 Å². The Kier molecular flexibility index (Phi) is 4.66. The molecule has 0 spiro atoms. The van der Waals surface area contributed by atoms with Gasteiger partial charge in [0, 0.05) is 36.4 Å². The molecule has 0 saturated carbocycles. The molecule has 4 rings (SSSR count). The first kappa shape index (κ1) is 18.3. The van der Waals surface area contributed by atoms with E-state index in [-0.39, 0.29) is 12.0 Å². The lowest BCUT2D eigenvalue weighted by atomic mass is 10.1. The van der Waals surface area contributed by atoms with Crippen LogP contribution in [0.1, 0.15) is 46.7 Å². The number of nitrogens with one attached hydrogen (secondary N) is 1. The second kappa shape index (κ2) is 7.14. The van der Waals surface area contributed by atoms with Crippen LogP contribution < -0.4 is 14.8 Å². The number of carbonyl (C=O) groups is 1. The van der Waals surface area contributed by atoms with Gasteiger partial charge in [-0.05, 0) is 39.8 Å². The molecule has 0 radical (unpaired) electrons. The quantitative estimate of drug-likeness (QED) is 0.736. The van der Waals surface area contributed by atoms with E-state index in [1.165, 1.54) is 0 Å². The Morgan fingerprint density at radius 3 is 2.96 bits per heavy atom. The Balaban J connectivity index is 1.57. The maximum Gasteiger partial charge on any atom is 0.254 e. The van der Waals surface area contributed by atoms with Crippen LogP contribution in [-0.4, -0.2) is 33.2 Å². The minimum atomic E-state index is -0.197. The molecule has 3 aromatic rings. The number of ether oxygens (including phenoxy) is 2. The fourth-order valence-corrected chi connectivity index (χ4v) is 3.57. The van der Waals surface area contributed by atoms with Crippen molar-refractivity contribution < 1.29 is 14.3 Å². The van der Waals surface area contributed by atoms with E-state index in [2.05, 4.69) is 15.4 Å². The SMILES string of the molecule is CCOc1cc2c(cc1CNC(=O)c1cnc3cc(C)nn3c1C)O[C@@H](C)C2. The standard InChI is InChI=1S/C21H24N4O3/c1-5-27-18-8-15-7-13(3)28-19(15)9-16(18)10-23-21(26)17-11-22-20-6-12(2)24-25(20)14(17)4/h6,8-9,11,13H,5,7,10H2,1-4H3,(H,23,26)/t13-/m0/s1. The Morgan fingerprint density at radius 2 is 2.18 bits per heavy atom. The van der Waals surface area contributed by atoms with Crippen LogP contribution in [0.15, 0.2) is 24.4 Å². The summed E-state index contributed by atoms with van der Waals surface area (Å²) in [6.07, 6.45) is 2.63. The molecule has 1 aromatic carbocycles. The van der Waals surface area contributed by atoms with Crippen LogP contribution in [0.5, 0.6) is 11.5 Å². The maximum absolute atomic E-state index is 12.8. The molecule has 7 heteroatoms. The topological polar surface area (TPSA) is 77.8 Å². The fraction of sp³-hybridized carbons (Fsp3) is 0.381. The summed E-state index contributed by atoms with van der Waals surface area (Å²) in [5, 5.41) is 7.37. The number of rotatable bonds is 5. The Morgan fingerprint density at radius 1 is 1.36 bits per heavy atom. The van der Waals surface area contributed by atoms with Crippen LogP contribution in [0.25, 0.3) is 5.65 Å². The van der Waals surface area contributed by atoms with E-state index in [0.29, 0.717) is 18.7 Å². The summed E-state index contributed by atoms with van der Waals surface area (Å²) >= 11 is 0. The van der Waals surface area contributed by atoms with Gasteiger partial charge in [-0.1, -0.05) is 0 Å². The van der Waals surface area contributed by atoms with Crippen molar-refractivity contribution in [2.75, 3.05) is 6.61 Å². The summed E-state index contributed by atoms with van der Waals surface area (Å²) in [7, 11) is 0. The van der Waals surface area contributed by atoms with E-state index in [9.17, 15) is 4.79 Å². The van der Waals surface area contributed by atoms with Crippen molar-refractivity contribution in [1.29, 1.82) is 0 Å². The van der Waals surface area contributed by atoms with Gasteiger partial charge in [0.15, 0.2) is 5.65 Å². The van der Waals surface area contributed by atoms with Crippen molar-refractivity contribution in [3.63, 3.8) is 0 Å². The lowest BCUT2D eigenvalue weighted by molar-refractivity contribution is 0.0949. The van der Waals surface area contributed by atoms with Crippen LogP contribution in [0, 0.1) is 13.8 Å². The number of fused-ring (bicyclic) bond motifs is 2. The molecule has 1 N–H and O–H groups in total. The summed E-state index contributed by atoms with van der Waals surface area (Å²) in [6.45, 7) is 8.67. The summed E-state index contributed by atoms with van der Waals surface area (Å²) in [4.78, 5) is 17.1. The minimum Gasteiger partial charge on any atom is -0.494 e. The molecule has 1 atom stereocenters. The predicted octanol–water partition coefficient (Wildman–Crippen LogP) is 3.00. The first-order valence-corrected chi connectivity index (χ1v) is 9.51. The average Bonchev–Trinajstić information content (AvgIpc) is 3.21. The summed E-state index contributed by atoms with van der Waals surface area (Å²) < 4.78 is 13.3. The van der Waals surface area contributed by atoms with Gasteiger partial charge < -0.3 is 14.8 Å². The highest BCUT2D eigenvalue weighted by Gasteiger charge is 2.22. The van der Waals surface area contributed by atoms with Crippen molar-refractivity contribution in [3.05, 3.63) is 52.5 Å². The van der Waals surface area contributed by atoms with E-state index in [1.807, 2.05) is 45.9 Å². The van der Waals surface area contributed by atoms with Crippen molar-refractivity contribution in [2.45, 2.75) is 46.8 Å². The third kappa shape index (κ3) is 3.28. The number of carbonyl (C=O) groups excluding carboxylic acids is 1. The van der Waals surface area contributed by atoms with E-state index < -0.39 is 0 Å². The molecular formula is C21H24N4O3. The van der Waals surface area contributed by atoms with Crippen LogP contribution in [0.3, 0.4) is 0 Å². The minimum absolute atomic E-state index is 0.160. The lowest BCUT2D eigenvalue weighted by Crippen LogP contribution is -2.25. The fourth-order valence-electron chi connectivity index (χ4n) is 3.57. The molecule has 0 saturated heterocycles. The predicted molar refractivity (Wildman–Crippen MR) is 105 cm³/mol. The maximum atomic E-state index is 12.8. The van der Waals surface area contributed by atoms with Crippen molar-refractivity contribution in [3.8, 4) is 11.5 Å². The molecule has 3 heterocycles. The Labute approximate surface area is 163 Å². The van der Waals surface area contributed by atoms with Gasteiger partial charge in [0.25, 0.3) is 5.91 Å². The molecule has 0 unspecified atom stereocenters. The van der Waals surface area contributed by atoms with E-state index in [4.69, 9.17) is 9.47 Å². The van der Waals surface area contributed by atoms with Gasteiger partial charge in [0.2, 0.25) is 0 Å². The number of benzene rings is 1. The molecule has 0 bridgehead atoms. The van der Waals surface area contributed by atoms with Crippen LogP contribution >= 0.6 is 0 Å². The van der Waals surface area contributed by atoms with E-state index in [1.54, 1.807) is 10.7 Å². The number of aryl methyl sites for hydroxylation is 2. The van der Waals surface area contributed by atoms with Gasteiger partial charge in [-0.3, -0.25) is 4.79 Å². The molecule has 7 nitrogen and oxygen atoms in total. The Hall–Kier alpha value is -3.09. The highest BCUT2D eigenvalue weighted by Crippen LogP contribution is 2.35. The third-order valence-electron chi connectivity index (χ3n) is 4.91. The highest BCUT2D eigenvalue weighted by atomic mass is 16.5. The van der Waals surface area contributed by atoms with Crippen LogP contribution in [-0.2, 0) is 13.0 Å². The Bertz CT molecular complexity index is 1060. The average molecular weight is 380 g/mol. The summed E-state index contributed by atoms with van der Waals surface area (Å²) in [5.41, 5.74) is 4.89. The number of aromatic nitrogens is 3. The number of hydrogen-bond donors (Lipinski definition) is 1. The first-order chi connectivity index (χ1) is 13.5. The zero-order valence-corrected chi connectivity index (χ0v) is 16.6. The molecule has 0 aliphatic carbocycles. The second-order valence-corrected chi connectivity index (χ2v) is 7.13. The number of nitrogens with zero attached hydrogens (tertiary/aromatic N) is 3. The normalized spacial score (nSPS) is 15.4. The van der Waals surface area contributed by atoms with Gasteiger partial charge >= 0.3 is 0 Å². The second-order valence-electron chi connectivity index (χ2n) is 7.13. The zero-order valence-electron chi connectivity index (χ0n) is 16.6. The molecule has 28 heavy (non-hydrogen) atoms. The third-order valence-corrected chi connectivity index (χ3v) is 4.91. The molecule has 1 aliphatic rings. The molecular weight excluding hydrogens is 356 g/mol. The largest absolute Gasteiger partial charge is 0.494 e. The molecule has 1 aliphatic heterocycles. The monoisotopic (exact) mass is 380 g/mol.